The molecule has 3 aromatic rings. The molecule has 0 radical (unpaired) electrons. The largest absolute Gasteiger partial charge is 0.452 e. The van der Waals surface area contributed by atoms with Gasteiger partial charge in [-0.05, 0) is 55.8 Å². The molecule has 0 aliphatic rings. The lowest BCUT2D eigenvalue weighted by molar-refractivity contribution is -0.119. The summed E-state index contributed by atoms with van der Waals surface area (Å²) in [5, 5.41) is 7.52. The Balaban J connectivity index is 1.69. The molecule has 0 saturated carbocycles. The summed E-state index contributed by atoms with van der Waals surface area (Å²) in [4.78, 5) is 37.8. The van der Waals surface area contributed by atoms with Crippen LogP contribution in [0.15, 0.2) is 71.6 Å². The van der Waals surface area contributed by atoms with Gasteiger partial charge in [-0.1, -0.05) is 35.9 Å². The second-order valence-electron chi connectivity index (χ2n) is 7.39. The van der Waals surface area contributed by atoms with Crippen molar-refractivity contribution >= 4 is 33.4 Å². The number of anilines is 1. The fourth-order valence-electron chi connectivity index (χ4n) is 3.12. The molecule has 1 amide bonds. The zero-order valence-corrected chi connectivity index (χ0v) is 18.8. The number of nitrogens with one attached hydrogen (secondary N) is 1. The van der Waals surface area contributed by atoms with Crippen molar-refractivity contribution in [1.29, 1.82) is 0 Å². The number of rotatable bonds is 7. The van der Waals surface area contributed by atoms with Gasteiger partial charge in [-0.25, -0.2) is 18.4 Å². The number of primary sulfonamides is 1. The minimum Gasteiger partial charge on any atom is -0.452 e. The maximum Gasteiger partial charge on any atom is 0.339 e. The maximum atomic E-state index is 13.1. The summed E-state index contributed by atoms with van der Waals surface area (Å²) in [5.41, 5.74) is 2.70. The van der Waals surface area contributed by atoms with Gasteiger partial charge < -0.3 is 10.1 Å². The van der Waals surface area contributed by atoms with Crippen molar-refractivity contribution < 1.29 is 27.5 Å². The van der Waals surface area contributed by atoms with Gasteiger partial charge in [0, 0.05) is 16.8 Å². The van der Waals surface area contributed by atoms with Crippen molar-refractivity contribution in [2.75, 3.05) is 11.9 Å². The molecule has 3 rings (SSSR count). The lowest BCUT2D eigenvalue weighted by atomic mass is 9.94. The van der Waals surface area contributed by atoms with E-state index in [1.807, 2.05) is 26.0 Å². The zero-order valence-electron chi connectivity index (χ0n) is 18.0. The number of sulfonamides is 1. The Hall–Kier alpha value is -3.82. The minimum absolute atomic E-state index is 0.0497. The maximum absolute atomic E-state index is 13.1. The van der Waals surface area contributed by atoms with Crippen LogP contribution >= 0.6 is 0 Å². The Morgan fingerprint density at radius 3 is 2.15 bits per heavy atom. The molecule has 9 heteroatoms. The summed E-state index contributed by atoms with van der Waals surface area (Å²) in [5.74, 6) is -1.77. The third kappa shape index (κ3) is 5.91. The number of hydrogen-bond acceptors (Lipinski definition) is 6. The molecular formula is C24H22N2O6S. The van der Waals surface area contributed by atoms with E-state index >= 15 is 0 Å². The lowest BCUT2D eigenvalue weighted by Gasteiger charge is -2.11. The van der Waals surface area contributed by atoms with Crippen LogP contribution in [0.2, 0.25) is 0 Å². The van der Waals surface area contributed by atoms with Crippen LogP contribution in [0.4, 0.5) is 5.69 Å². The van der Waals surface area contributed by atoms with Gasteiger partial charge in [0.15, 0.2) is 12.4 Å². The number of aryl methyl sites for hydroxylation is 2. The minimum atomic E-state index is -3.85. The summed E-state index contributed by atoms with van der Waals surface area (Å²) in [6.07, 6.45) is 0. The summed E-state index contributed by atoms with van der Waals surface area (Å²) in [6.45, 7) is 3.09. The van der Waals surface area contributed by atoms with Gasteiger partial charge in [0.1, 0.15) is 0 Å². The molecule has 0 bridgehead atoms. The fraction of sp³-hybridized carbons (Fsp3) is 0.125. The smallest absolute Gasteiger partial charge is 0.339 e. The number of ketones is 1. The molecule has 0 fully saturated rings. The van der Waals surface area contributed by atoms with Crippen LogP contribution in [0, 0.1) is 13.8 Å². The molecule has 0 unspecified atom stereocenters. The molecule has 170 valence electrons. The number of carbonyl (C=O) groups excluding carboxylic acids is 3. The Labute approximate surface area is 191 Å². The number of carbonyl (C=O) groups is 3. The first-order valence-corrected chi connectivity index (χ1v) is 11.4. The predicted molar refractivity (Wildman–Crippen MR) is 123 cm³/mol. The first-order valence-electron chi connectivity index (χ1n) is 9.87. The van der Waals surface area contributed by atoms with Crippen LogP contribution < -0.4 is 10.5 Å². The van der Waals surface area contributed by atoms with E-state index in [0.29, 0.717) is 11.3 Å². The first kappa shape index (κ1) is 23.8. The third-order valence-corrected chi connectivity index (χ3v) is 5.76. The van der Waals surface area contributed by atoms with Crippen molar-refractivity contribution in [1.82, 2.24) is 0 Å². The molecule has 3 aromatic carbocycles. The lowest BCUT2D eigenvalue weighted by Crippen LogP contribution is -2.22. The molecule has 8 nitrogen and oxygen atoms in total. The number of amides is 1. The average Bonchev–Trinajstić information content (AvgIpc) is 2.78. The Morgan fingerprint density at radius 2 is 1.52 bits per heavy atom. The highest BCUT2D eigenvalue weighted by Gasteiger charge is 2.21. The Morgan fingerprint density at radius 1 is 0.879 bits per heavy atom. The van der Waals surface area contributed by atoms with Crippen LogP contribution in [0.1, 0.15) is 37.4 Å². The molecule has 0 aromatic heterocycles. The topological polar surface area (TPSA) is 133 Å². The van der Waals surface area contributed by atoms with Gasteiger partial charge in [0.25, 0.3) is 5.91 Å². The van der Waals surface area contributed by atoms with Crippen LogP contribution in [-0.2, 0) is 19.6 Å². The SMILES string of the molecule is Cc1ccc(C)c(C(=O)c2ccccc2C(=O)OCC(=O)Nc2ccc(S(N)(=O)=O)cc2)c1. The summed E-state index contributed by atoms with van der Waals surface area (Å²) in [7, 11) is -3.85. The molecule has 0 saturated heterocycles. The van der Waals surface area contributed by atoms with Crippen molar-refractivity contribution in [2.45, 2.75) is 18.7 Å². The third-order valence-electron chi connectivity index (χ3n) is 4.83. The van der Waals surface area contributed by atoms with Crippen molar-refractivity contribution in [2.24, 2.45) is 5.14 Å². The standard InChI is InChI=1S/C24H22N2O6S/c1-15-7-8-16(2)21(13-15)23(28)19-5-3-4-6-20(19)24(29)32-14-22(27)26-17-9-11-18(12-10-17)33(25,30)31/h3-13H,14H2,1-2H3,(H,26,27)(H2,25,30,31). The Kier molecular flexibility index (Phi) is 7.05. The number of esters is 1. The Bertz CT molecular complexity index is 1330. The van der Waals surface area contributed by atoms with Crippen molar-refractivity contribution in [3.05, 3.63) is 94.5 Å². The average molecular weight is 467 g/mol. The zero-order chi connectivity index (χ0) is 24.2. The van der Waals surface area contributed by atoms with E-state index in [0.717, 1.165) is 11.1 Å². The van der Waals surface area contributed by atoms with Gasteiger partial charge in [-0.2, -0.15) is 0 Å². The highest BCUT2D eigenvalue weighted by Crippen LogP contribution is 2.20. The first-order chi connectivity index (χ1) is 15.6. The molecule has 0 spiro atoms. The van der Waals surface area contributed by atoms with E-state index in [2.05, 4.69) is 5.32 Å². The van der Waals surface area contributed by atoms with Crippen LogP contribution in [-0.4, -0.2) is 32.7 Å². The quantitative estimate of drug-likeness (QED) is 0.406. The fourth-order valence-corrected chi connectivity index (χ4v) is 3.63. The van der Waals surface area contributed by atoms with Crippen molar-refractivity contribution in [3.63, 3.8) is 0 Å². The van der Waals surface area contributed by atoms with E-state index in [4.69, 9.17) is 9.88 Å². The monoisotopic (exact) mass is 466 g/mol. The van der Waals surface area contributed by atoms with E-state index < -0.39 is 28.5 Å². The highest BCUT2D eigenvalue weighted by molar-refractivity contribution is 7.89. The summed E-state index contributed by atoms with van der Waals surface area (Å²) in [6, 6.07) is 16.9. The second kappa shape index (κ2) is 9.76. The highest BCUT2D eigenvalue weighted by atomic mass is 32.2. The van der Waals surface area contributed by atoms with Crippen LogP contribution in [0.3, 0.4) is 0 Å². The van der Waals surface area contributed by atoms with Crippen LogP contribution in [0.5, 0.6) is 0 Å². The molecule has 0 atom stereocenters. The molecule has 0 aliphatic heterocycles. The van der Waals surface area contributed by atoms with E-state index in [1.54, 1.807) is 18.2 Å². The van der Waals surface area contributed by atoms with E-state index in [1.165, 1.54) is 36.4 Å². The normalized spacial score (nSPS) is 11.0. The van der Waals surface area contributed by atoms with Crippen LogP contribution in [0.25, 0.3) is 0 Å². The molecule has 3 N–H and O–H groups in total. The molecule has 33 heavy (non-hydrogen) atoms. The number of nitrogens with two attached hydrogens (primary N) is 1. The summed E-state index contributed by atoms with van der Waals surface area (Å²) >= 11 is 0. The predicted octanol–water partition coefficient (Wildman–Crippen LogP) is 2.98. The molecule has 0 aliphatic carbocycles. The van der Waals surface area contributed by atoms with Gasteiger partial charge in [-0.15, -0.1) is 0 Å². The second-order valence-corrected chi connectivity index (χ2v) is 8.95. The number of ether oxygens (including phenoxy) is 1. The van der Waals surface area contributed by atoms with Gasteiger partial charge in [-0.3, -0.25) is 9.59 Å². The summed E-state index contributed by atoms with van der Waals surface area (Å²) < 4.78 is 27.7. The van der Waals surface area contributed by atoms with Gasteiger partial charge in [0.2, 0.25) is 10.0 Å². The molecule has 0 heterocycles. The van der Waals surface area contributed by atoms with E-state index in [-0.39, 0.29) is 21.8 Å². The molecular weight excluding hydrogens is 444 g/mol. The van der Waals surface area contributed by atoms with E-state index in [9.17, 15) is 22.8 Å². The van der Waals surface area contributed by atoms with Gasteiger partial charge >= 0.3 is 5.97 Å². The number of benzene rings is 3. The van der Waals surface area contributed by atoms with Gasteiger partial charge in [0.05, 0.1) is 10.5 Å². The van der Waals surface area contributed by atoms with Crippen molar-refractivity contribution in [3.8, 4) is 0 Å². The number of hydrogen-bond donors (Lipinski definition) is 2.